The predicted octanol–water partition coefficient (Wildman–Crippen LogP) is 3.37. The number of rotatable bonds is 5. The van der Waals surface area contributed by atoms with Crippen LogP contribution in [0.15, 0.2) is 42.5 Å². The van der Waals surface area contributed by atoms with Crippen LogP contribution in [0.2, 0.25) is 0 Å². The first-order chi connectivity index (χ1) is 8.03. The van der Waals surface area contributed by atoms with E-state index in [2.05, 4.69) is 26.0 Å². The smallest absolute Gasteiger partial charge is 0.330 e. The van der Waals surface area contributed by atoms with Crippen LogP contribution in [0.4, 0.5) is 0 Å². The molecule has 0 amide bonds. The van der Waals surface area contributed by atoms with Gasteiger partial charge in [0.2, 0.25) is 0 Å². The molecule has 0 spiro atoms. The summed E-state index contributed by atoms with van der Waals surface area (Å²) in [6.45, 7) is 6.44. The lowest BCUT2D eigenvalue weighted by Crippen LogP contribution is -2.12. The summed E-state index contributed by atoms with van der Waals surface area (Å²) < 4.78 is 4.86. The second-order valence-corrected chi connectivity index (χ2v) is 4.74. The van der Waals surface area contributed by atoms with Crippen LogP contribution in [-0.4, -0.2) is 12.6 Å². The molecule has 0 radical (unpaired) electrons. The van der Waals surface area contributed by atoms with Gasteiger partial charge in [0.05, 0.1) is 6.61 Å². The molecule has 17 heavy (non-hydrogen) atoms. The zero-order chi connectivity index (χ0) is 12.7. The second kappa shape index (κ2) is 6.24. The maximum atomic E-state index is 11.2. The summed E-state index contributed by atoms with van der Waals surface area (Å²) in [5.41, 5.74) is 1.22. The fourth-order valence-electron chi connectivity index (χ4n) is 1.66. The first kappa shape index (κ1) is 13.5. The van der Waals surface area contributed by atoms with Crippen molar-refractivity contribution in [2.75, 3.05) is 6.61 Å². The number of carbonyl (C=O) groups is 1. The topological polar surface area (TPSA) is 26.3 Å². The number of hydrogen-bond acceptors (Lipinski definition) is 2. The Morgan fingerprint density at radius 1 is 1.29 bits per heavy atom. The number of ether oxygens (including phenoxy) is 1. The molecule has 1 aromatic rings. The Balaban J connectivity index is 2.60. The molecule has 0 aromatic heterocycles. The van der Waals surface area contributed by atoms with Gasteiger partial charge in [0.25, 0.3) is 0 Å². The standard InChI is InChI=1S/C15H20O2/c1-4-17-14(16)10-11-15(2,3)12-13-8-6-5-7-9-13/h5-11H,4,12H2,1-3H3/b11-10+. The Morgan fingerprint density at radius 3 is 2.53 bits per heavy atom. The van der Waals surface area contributed by atoms with Crippen molar-refractivity contribution in [3.63, 3.8) is 0 Å². The molecule has 0 aliphatic heterocycles. The minimum atomic E-state index is -0.270. The highest BCUT2D eigenvalue weighted by Gasteiger charge is 2.15. The van der Waals surface area contributed by atoms with Crippen molar-refractivity contribution in [2.24, 2.45) is 5.41 Å². The molecule has 0 aliphatic carbocycles. The summed E-state index contributed by atoms with van der Waals surface area (Å²) in [5.74, 6) is -0.270. The maximum absolute atomic E-state index is 11.2. The van der Waals surface area contributed by atoms with Crippen LogP contribution in [0.25, 0.3) is 0 Å². The zero-order valence-corrected chi connectivity index (χ0v) is 10.8. The van der Waals surface area contributed by atoms with Crippen molar-refractivity contribution in [3.8, 4) is 0 Å². The Morgan fingerprint density at radius 2 is 1.94 bits per heavy atom. The molecule has 0 saturated carbocycles. The molecular formula is C15H20O2. The van der Waals surface area contributed by atoms with Gasteiger partial charge >= 0.3 is 5.97 Å². The van der Waals surface area contributed by atoms with Crippen LogP contribution < -0.4 is 0 Å². The molecule has 1 rings (SSSR count). The Hall–Kier alpha value is -1.57. The van der Waals surface area contributed by atoms with E-state index >= 15 is 0 Å². The Bertz CT molecular complexity index is 377. The van der Waals surface area contributed by atoms with E-state index in [9.17, 15) is 4.79 Å². The summed E-state index contributed by atoms with van der Waals surface area (Å²) in [6.07, 6.45) is 4.34. The van der Waals surface area contributed by atoms with Gasteiger partial charge in [-0.25, -0.2) is 4.79 Å². The fourth-order valence-corrected chi connectivity index (χ4v) is 1.66. The molecule has 0 bridgehead atoms. The van der Waals surface area contributed by atoms with Gasteiger partial charge < -0.3 is 4.74 Å². The van der Waals surface area contributed by atoms with Gasteiger partial charge in [0.1, 0.15) is 0 Å². The average molecular weight is 232 g/mol. The quantitative estimate of drug-likeness (QED) is 0.574. The maximum Gasteiger partial charge on any atom is 0.330 e. The highest BCUT2D eigenvalue weighted by Crippen LogP contribution is 2.23. The summed E-state index contributed by atoms with van der Waals surface area (Å²) in [5, 5.41) is 0. The lowest BCUT2D eigenvalue weighted by Gasteiger charge is -2.20. The van der Waals surface area contributed by atoms with Crippen LogP contribution in [-0.2, 0) is 16.0 Å². The normalized spacial score (nSPS) is 11.7. The number of hydrogen-bond donors (Lipinski definition) is 0. The molecule has 0 aliphatic rings. The monoisotopic (exact) mass is 232 g/mol. The largest absolute Gasteiger partial charge is 0.463 e. The van der Waals surface area contributed by atoms with Crippen molar-refractivity contribution >= 4 is 5.97 Å². The minimum Gasteiger partial charge on any atom is -0.463 e. The number of carbonyl (C=O) groups excluding carboxylic acids is 1. The zero-order valence-electron chi connectivity index (χ0n) is 10.8. The van der Waals surface area contributed by atoms with E-state index in [-0.39, 0.29) is 11.4 Å². The molecule has 0 saturated heterocycles. The van der Waals surface area contributed by atoms with Crippen molar-refractivity contribution in [1.29, 1.82) is 0 Å². The Kier molecular flexibility index (Phi) is 4.95. The third-order valence-electron chi connectivity index (χ3n) is 2.46. The number of benzene rings is 1. The number of allylic oxidation sites excluding steroid dienone is 1. The predicted molar refractivity (Wildman–Crippen MR) is 69.7 cm³/mol. The minimum absolute atomic E-state index is 0.0475. The number of esters is 1. The van der Waals surface area contributed by atoms with Crippen LogP contribution in [0.5, 0.6) is 0 Å². The molecule has 0 heterocycles. The average Bonchev–Trinajstić information content (AvgIpc) is 2.28. The lowest BCUT2D eigenvalue weighted by atomic mass is 9.85. The third-order valence-corrected chi connectivity index (χ3v) is 2.46. The van der Waals surface area contributed by atoms with Gasteiger partial charge in [-0.15, -0.1) is 0 Å². The van der Waals surface area contributed by atoms with Crippen LogP contribution in [0.3, 0.4) is 0 Å². The summed E-state index contributed by atoms with van der Waals surface area (Å²) in [4.78, 5) is 11.2. The van der Waals surface area contributed by atoms with Crippen molar-refractivity contribution in [3.05, 3.63) is 48.0 Å². The molecule has 2 nitrogen and oxygen atoms in total. The van der Waals surface area contributed by atoms with E-state index in [1.165, 1.54) is 11.6 Å². The van der Waals surface area contributed by atoms with Gasteiger partial charge in [-0.1, -0.05) is 50.3 Å². The van der Waals surface area contributed by atoms with Gasteiger partial charge in [0.15, 0.2) is 0 Å². The molecule has 1 aromatic carbocycles. The first-order valence-corrected chi connectivity index (χ1v) is 5.93. The SMILES string of the molecule is CCOC(=O)/C=C/C(C)(C)Cc1ccccc1. The molecule has 0 N–H and O–H groups in total. The molecule has 2 heteroatoms. The summed E-state index contributed by atoms with van der Waals surface area (Å²) in [7, 11) is 0. The molecule has 0 atom stereocenters. The fraction of sp³-hybridized carbons (Fsp3) is 0.400. The van der Waals surface area contributed by atoms with Gasteiger partial charge in [-0.3, -0.25) is 0 Å². The van der Waals surface area contributed by atoms with Crippen LogP contribution in [0, 0.1) is 5.41 Å². The van der Waals surface area contributed by atoms with E-state index in [4.69, 9.17) is 4.74 Å². The summed E-state index contributed by atoms with van der Waals surface area (Å²) >= 11 is 0. The van der Waals surface area contributed by atoms with E-state index < -0.39 is 0 Å². The van der Waals surface area contributed by atoms with E-state index in [1.54, 1.807) is 6.92 Å². The lowest BCUT2D eigenvalue weighted by molar-refractivity contribution is -0.137. The van der Waals surface area contributed by atoms with Gasteiger partial charge in [-0.05, 0) is 24.3 Å². The molecule has 92 valence electrons. The molecule has 0 unspecified atom stereocenters. The highest BCUT2D eigenvalue weighted by atomic mass is 16.5. The van der Waals surface area contributed by atoms with Gasteiger partial charge in [0, 0.05) is 6.08 Å². The van der Waals surface area contributed by atoms with Crippen LogP contribution in [0.1, 0.15) is 26.3 Å². The van der Waals surface area contributed by atoms with Crippen molar-refractivity contribution < 1.29 is 9.53 Å². The van der Waals surface area contributed by atoms with E-state index in [0.717, 1.165) is 6.42 Å². The van der Waals surface area contributed by atoms with Gasteiger partial charge in [-0.2, -0.15) is 0 Å². The highest BCUT2D eigenvalue weighted by molar-refractivity contribution is 5.81. The third kappa shape index (κ3) is 5.34. The van der Waals surface area contributed by atoms with Crippen molar-refractivity contribution in [2.45, 2.75) is 27.2 Å². The Labute approximate surface area is 103 Å². The molecular weight excluding hydrogens is 212 g/mol. The van der Waals surface area contributed by atoms with Crippen molar-refractivity contribution in [1.82, 2.24) is 0 Å². The summed E-state index contributed by atoms with van der Waals surface area (Å²) in [6, 6.07) is 10.3. The van der Waals surface area contributed by atoms with Crippen LogP contribution >= 0.6 is 0 Å². The first-order valence-electron chi connectivity index (χ1n) is 5.93. The van der Waals surface area contributed by atoms with E-state index in [0.29, 0.717) is 6.61 Å². The molecule has 0 fully saturated rings. The second-order valence-electron chi connectivity index (χ2n) is 4.74. The van der Waals surface area contributed by atoms with E-state index in [1.807, 2.05) is 24.3 Å².